The van der Waals surface area contributed by atoms with Gasteiger partial charge in [-0.05, 0) is 13.3 Å². The Balaban J connectivity index is 1.68. The number of nitrogens with one attached hydrogen (secondary N) is 2. The van der Waals surface area contributed by atoms with Crippen molar-refractivity contribution in [3.05, 3.63) is 0 Å². The predicted molar refractivity (Wildman–Crippen MR) is 75.4 cm³/mol. The van der Waals surface area contributed by atoms with E-state index >= 15 is 0 Å². The summed E-state index contributed by atoms with van der Waals surface area (Å²) in [7, 11) is -2.96. The summed E-state index contributed by atoms with van der Waals surface area (Å²) in [5, 5.41) is 5.58. The third-order valence-electron chi connectivity index (χ3n) is 3.58. The maximum Gasteiger partial charge on any atom is 0.315 e. The van der Waals surface area contributed by atoms with Gasteiger partial charge in [0.15, 0.2) is 9.84 Å². The molecule has 2 saturated heterocycles. The average Bonchev–Trinajstić information content (AvgIpc) is 2.69. The number of carbonyl (C=O) groups excluding carboxylic acids is 1. The van der Waals surface area contributed by atoms with Crippen molar-refractivity contribution in [1.82, 2.24) is 15.5 Å². The van der Waals surface area contributed by atoms with Crippen LogP contribution < -0.4 is 10.6 Å². The quantitative estimate of drug-likeness (QED) is 0.709. The van der Waals surface area contributed by atoms with Crippen LogP contribution in [0, 0.1) is 0 Å². The summed E-state index contributed by atoms with van der Waals surface area (Å²) in [5.74, 6) is 0.222. The second-order valence-corrected chi connectivity index (χ2v) is 7.76. The lowest BCUT2D eigenvalue weighted by Crippen LogP contribution is -2.50. The van der Waals surface area contributed by atoms with Crippen LogP contribution in [-0.2, 0) is 14.6 Å². The largest absolute Gasteiger partial charge is 0.379 e. The van der Waals surface area contributed by atoms with Gasteiger partial charge in [0.2, 0.25) is 0 Å². The molecule has 0 aromatic rings. The van der Waals surface area contributed by atoms with Crippen LogP contribution in [0.15, 0.2) is 0 Å². The fraction of sp³-hybridized carbons (Fsp3) is 0.917. The van der Waals surface area contributed by atoms with Gasteiger partial charge in [0, 0.05) is 31.7 Å². The molecule has 2 rings (SSSR count). The average molecular weight is 305 g/mol. The zero-order valence-electron chi connectivity index (χ0n) is 11.8. The highest BCUT2D eigenvalue weighted by molar-refractivity contribution is 7.91. The summed E-state index contributed by atoms with van der Waals surface area (Å²) in [5.41, 5.74) is 0. The Kier molecular flexibility index (Phi) is 5.22. The number of hydrogen-bond acceptors (Lipinski definition) is 5. The molecule has 0 aromatic carbocycles. The second kappa shape index (κ2) is 6.73. The highest BCUT2D eigenvalue weighted by Gasteiger charge is 2.29. The first kappa shape index (κ1) is 15.5. The normalized spacial score (nSPS) is 27.9. The molecule has 0 radical (unpaired) electrons. The van der Waals surface area contributed by atoms with Crippen molar-refractivity contribution in [3.63, 3.8) is 0 Å². The number of carbonyl (C=O) groups is 1. The summed E-state index contributed by atoms with van der Waals surface area (Å²) >= 11 is 0. The first-order valence-electron chi connectivity index (χ1n) is 7.02. The maximum atomic E-state index is 11.8. The molecule has 8 heteroatoms. The van der Waals surface area contributed by atoms with E-state index in [2.05, 4.69) is 15.5 Å². The summed E-state index contributed by atoms with van der Waals surface area (Å²) in [6.07, 6.45) is 0.508. The summed E-state index contributed by atoms with van der Waals surface area (Å²) in [6, 6.07) is -0.519. The highest BCUT2D eigenvalue weighted by Crippen LogP contribution is 2.10. The number of hydrogen-bond donors (Lipinski definition) is 2. The predicted octanol–water partition coefficient (Wildman–Crippen LogP) is -0.807. The Bertz CT molecular complexity index is 434. The Morgan fingerprint density at radius 3 is 2.70 bits per heavy atom. The van der Waals surface area contributed by atoms with Crippen molar-refractivity contribution >= 4 is 15.9 Å². The minimum absolute atomic E-state index is 0.0195. The van der Waals surface area contributed by atoms with E-state index in [1.54, 1.807) is 0 Å². The smallest absolute Gasteiger partial charge is 0.315 e. The van der Waals surface area contributed by atoms with Gasteiger partial charge in [0.1, 0.15) is 0 Å². The summed E-state index contributed by atoms with van der Waals surface area (Å²) < 4.78 is 27.9. The van der Waals surface area contributed by atoms with Crippen molar-refractivity contribution in [3.8, 4) is 0 Å². The van der Waals surface area contributed by atoms with Crippen LogP contribution >= 0.6 is 0 Å². The molecular formula is C12H23N3O4S. The molecule has 7 nitrogen and oxygen atoms in total. The Morgan fingerprint density at radius 2 is 2.10 bits per heavy atom. The van der Waals surface area contributed by atoms with Crippen molar-refractivity contribution in [1.29, 1.82) is 0 Å². The monoisotopic (exact) mass is 305 g/mol. The molecule has 2 fully saturated rings. The number of urea groups is 1. The number of nitrogens with zero attached hydrogens (tertiary/aromatic N) is 1. The molecule has 0 bridgehead atoms. The first-order valence-corrected chi connectivity index (χ1v) is 8.84. The molecule has 2 aliphatic rings. The lowest BCUT2D eigenvalue weighted by Gasteiger charge is -2.29. The molecule has 2 unspecified atom stereocenters. The van der Waals surface area contributed by atoms with Crippen LogP contribution in [0.3, 0.4) is 0 Å². The van der Waals surface area contributed by atoms with Gasteiger partial charge in [0.05, 0.1) is 24.7 Å². The fourth-order valence-electron chi connectivity index (χ4n) is 2.58. The van der Waals surface area contributed by atoms with Crippen molar-refractivity contribution in [2.75, 3.05) is 44.4 Å². The first-order chi connectivity index (χ1) is 9.44. The van der Waals surface area contributed by atoms with E-state index in [0.29, 0.717) is 6.42 Å². The van der Waals surface area contributed by atoms with Crippen LogP contribution in [0.1, 0.15) is 13.3 Å². The van der Waals surface area contributed by atoms with Crippen molar-refractivity contribution in [2.45, 2.75) is 25.4 Å². The van der Waals surface area contributed by atoms with Crippen molar-refractivity contribution < 1.29 is 17.9 Å². The molecule has 116 valence electrons. The second-order valence-electron chi connectivity index (χ2n) is 5.53. The van der Waals surface area contributed by atoms with E-state index in [1.807, 2.05) is 6.92 Å². The van der Waals surface area contributed by atoms with Crippen LogP contribution in [0.2, 0.25) is 0 Å². The van der Waals surface area contributed by atoms with Gasteiger partial charge in [-0.3, -0.25) is 4.90 Å². The van der Waals surface area contributed by atoms with Crippen LogP contribution in [-0.4, -0.2) is 75.8 Å². The number of morpholine rings is 1. The Morgan fingerprint density at radius 1 is 1.40 bits per heavy atom. The van der Waals surface area contributed by atoms with Gasteiger partial charge in [-0.1, -0.05) is 0 Å². The van der Waals surface area contributed by atoms with Crippen LogP contribution in [0.25, 0.3) is 0 Å². The van der Waals surface area contributed by atoms with E-state index in [-0.39, 0.29) is 29.6 Å². The van der Waals surface area contributed by atoms with E-state index in [4.69, 9.17) is 4.74 Å². The molecule has 0 saturated carbocycles. The molecule has 2 heterocycles. The third kappa shape index (κ3) is 4.92. The van der Waals surface area contributed by atoms with Gasteiger partial charge >= 0.3 is 6.03 Å². The fourth-order valence-corrected chi connectivity index (χ4v) is 4.25. The molecule has 0 aliphatic carbocycles. The minimum Gasteiger partial charge on any atom is -0.379 e. The molecule has 20 heavy (non-hydrogen) atoms. The molecule has 2 amide bonds. The van der Waals surface area contributed by atoms with Gasteiger partial charge in [-0.25, -0.2) is 13.2 Å². The molecule has 2 aliphatic heterocycles. The zero-order valence-corrected chi connectivity index (χ0v) is 12.6. The van der Waals surface area contributed by atoms with Crippen LogP contribution in [0.5, 0.6) is 0 Å². The van der Waals surface area contributed by atoms with Gasteiger partial charge in [-0.15, -0.1) is 0 Å². The Labute approximate surface area is 120 Å². The third-order valence-corrected chi connectivity index (χ3v) is 5.35. The maximum absolute atomic E-state index is 11.8. The van der Waals surface area contributed by atoms with Gasteiger partial charge in [0.25, 0.3) is 0 Å². The van der Waals surface area contributed by atoms with E-state index < -0.39 is 9.84 Å². The Hall–Kier alpha value is -0.860. The number of sulfone groups is 1. The SMILES string of the molecule is CC(CN1CCOCC1)NC(=O)NC1CCS(=O)(=O)C1. The minimum atomic E-state index is -2.96. The van der Waals surface area contributed by atoms with Gasteiger partial charge < -0.3 is 15.4 Å². The molecule has 0 spiro atoms. The van der Waals surface area contributed by atoms with Gasteiger partial charge in [-0.2, -0.15) is 0 Å². The summed E-state index contributed by atoms with van der Waals surface area (Å²) in [6.45, 7) is 5.96. The zero-order chi connectivity index (χ0) is 14.6. The molecular weight excluding hydrogens is 282 g/mol. The highest BCUT2D eigenvalue weighted by atomic mass is 32.2. The van der Waals surface area contributed by atoms with E-state index in [1.165, 1.54) is 0 Å². The lowest BCUT2D eigenvalue weighted by molar-refractivity contribution is 0.0349. The topological polar surface area (TPSA) is 87.7 Å². The van der Waals surface area contributed by atoms with Crippen molar-refractivity contribution in [2.24, 2.45) is 0 Å². The van der Waals surface area contributed by atoms with E-state index in [9.17, 15) is 13.2 Å². The van der Waals surface area contributed by atoms with Crippen LogP contribution in [0.4, 0.5) is 4.79 Å². The number of amides is 2. The lowest BCUT2D eigenvalue weighted by atomic mass is 10.2. The molecule has 0 aromatic heterocycles. The summed E-state index contributed by atoms with van der Waals surface area (Å²) in [4.78, 5) is 14.0. The number of rotatable bonds is 4. The molecule has 2 atom stereocenters. The van der Waals surface area contributed by atoms with E-state index in [0.717, 1.165) is 32.8 Å². The molecule has 2 N–H and O–H groups in total. The standard InChI is InChI=1S/C12H23N3O4S/c1-10(8-15-3-5-19-6-4-15)13-12(16)14-11-2-7-20(17,18)9-11/h10-11H,2-9H2,1H3,(H2,13,14,16). The number of ether oxygens (including phenoxy) is 1.